The third-order valence-electron chi connectivity index (χ3n) is 4.58. The summed E-state index contributed by atoms with van der Waals surface area (Å²) in [4.78, 5) is 0. The van der Waals surface area contributed by atoms with Gasteiger partial charge in [-0.15, -0.1) is 0 Å². The number of nitrogens with one attached hydrogen (secondary N) is 1. The van der Waals surface area contributed by atoms with E-state index in [0.29, 0.717) is 11.5 Å². The number of hydrogen-bond donors (Lipinski definition) is 1. The molecule has 0 radical (unpaired) electrons. The summed E-state index contributed by atoms with van der Waals surface area (Å²) in [6.45, 7) is 5.89. The molecule has 0 spiro atoms. The van der Waals surface area contributed by atoms with E-state index in [2.05, 4.69) is 66.0 Å². The van der Waals surface area contributed by atoms with Crippen molar-refractivity contribution in [3.63, 3.8) is 0 Å². The van der Waals surface area contributed by atoms with Crippen molar-refractivity contribution < 1.29 is 0 Å². The molecule has 1 N–H and O–H groups in total. The number of hydrogen-bond acceptors (Lipinski definition) is 1. The molecule has 0 aliphatic heterocycles. The lowest BCUT2D eigenvalue weighted by atomic mass is 9.77. The Kier molecular flexibility index (Phi) is 5.70. The molecule has 1 aromatic carbocycles. The van der Waals surface area contributed by atoms with Gasteiger partial charge in [-0.25, -0.2) is 0 Å². The standard InChI is InChI=1S/C17H26IN/c1-3-12-19-16(17(2)10-4-5-11-17)13-14-6-8-15(18)9-7-14/h6-9,16,19H,3-5,10-13H2,1-2H3. The lowest BCUT2D eigenvalue weighted by Gasteiger charge is -2.35. The van der Waals surface area contributed by atoms with Crippen LogP contribution >= 0.6 is 22.6 Å². The van der Waals surface area contributed by atoms with Gasteiger partial charge in [-0.1, -0.05) is 38.8 Å². The van der Waals surface area contributed by atoms with E-state index < -0.39 is 0 Å². The minimum Gasteiger partial charge on any atom is -0.313 e. The quantitative estimate of drug-likeness (QED) is 0.710. The maximum Gasteiger partial charge on any atom is 0.0161 e. The summed E-state index contributed by atoms with van der Waals surface area (Å²) in [7, 11) is 0. The highest BCUT2D eigenvalue weighted by Gasteiger charge is 2.36. The van der Waals surface area contributed by atoms with E-state index in [-0.39, 0.29) is 0 Å². The zero-order valence-corrected chi connectivity index (χ0v) is 14.4. The van der Waals surface area contributed by atoms with Crippen molar-refractivity contribution in [1.82, 2.24) is 5.32 Å². The Bertz CT molecular complexity index is 379. The molecule has 1 aliphatic carbocycles. The molecule has 1 fully saturated rings. The molecule has 1 atom stereocenters. The van der Waals surface area contributed by atoms with Crippen LogP contribution in [0.15, 0.2) is 24.3 Å². The second kappa shape index (κ2) is 7.07. The first kappa shape index (κ1) is 15.3. The van der Waals surface area contributed by atoms with Gasteiger partial charge >= 0.3 is 0 Å². The van der Waals surface area contributed by atoms with Gasteiger partial charge in [0, 0.05) is 9.61 Å². The van der Waals surface area contributed by atoms with Crippen LogP contribution in [0.1, 0.15) is 51.5 Å². The van der Waals surface area contributed by atoms with E-state index in [1.54, 1.807) is 0 Å². The topological polar surface area (TPSA) is 12.0 Å². The van der Waals surface area contributed by atoms with Gasteiger partial charge in [-0.3, -0.25) is 0 Å². The average molecular weight is 371 g/mol. The number of halogens is 1. The molecule has 0 bridgehead atoms. The van der Waals surface area contributed by atoms with Gasteiger partial charge in [0.05, 0.1) is 0 Å². The fraction of sp³-hybridized carbons (Fsp3) is 0.647. The van der Waals surface area contributed by atoms with E-state index in [1.807, 2.05) is 0 Å². The minimum atomic E-state index is 0.498. The Morgan fingerprint density at radius 1 is 1.21 bits per heavy atom. The summed E-state index contributed by atoms with van der Waals surface area (Å²) >= 11 is 2.38. The molecule has 0 aromatic heterocycles. The van der Waals surface area contributed by atoms with Gasteiger partial charge in [0.1, 0.15) is 0 Å². The minimum absolute atomic E-state index is 0.498. The van der Waals surface area contributed by atoms with Gasteiger partial charge < -0.3 is 5.32 Å². The number of benzene rings is 1. The molecule has 1 nitrogen and oxygen atoms in total. The van der Waals surface area contributed by atoms with E-state index in [1.165, 1.54) is 47.7 Å². The fourth-order valence-corrected chi connectivity index (χ4v) is 3.63. The SMILES string of the molecule is CCCNC(Cc1ccc(I)cc1)C1(C)CCCC1. The monoisotopic (exact) mass is 371 g/mol. The maximum absolute atomic E-state index is 3.81. The first-order chi connectivity index (χ1) is 9.14. The van der Waals surface area contributed by atoms with Crippen molar-refractivity contribution >= 4 is 22.6 Å². The van der Waals surface area contributed by atoms with Gasteiger partial charge in [-0.2, -0.15) is 0 Å². The van der Waals surface area contributed by atoms with Gasteiger partial charge in [0.15, 0.2) is 0 Å². The Hall–Kier alpha value is -0.0900. The normalized spacial score (nSPS) is 19.5. The Balaban J connectivity index is 2.06. The Morgan fingerprint density at radius 2 is 1.84 bits per heavy atom. The summed E-state index contributed by atoms with van der Waals surface area (Å²) in [5, 5.41) is 3.81. The second-order valence-corrected chi connectivity index (χ2v) is 7.44. The largest absolute Gasteiger partial charge is 0.313 e. The summed E-state index contributed by atoms with van der Waals surface area (Å²) in [6, 6.07) is 9.67. The van der Waals surface area contributed by atoms with Crippen molar-refractivity contribution in [2.45, 2.75) is 58.4 Å². The van der Waals surface area contributed by atoms with E-state index in [0.717, 1.165) is 6.54 Å². The maximum atomic E-state index is 3.81. The molecule has 0 saturated heterocycles. The zero-order chi connectivity index (χ0) is 13.7. The van der Waals surface area contributed by atoms with Crippen molar-refractivity contribution in [2.75, 3.05) is 6.54 Å². The zero-order valence-electron chi connectivity index (χ0n) is 12.2. The van der Waals surface area contributed by atoms with Crippen LogP contribution in [0.3, 0.4) is 0 Å². The Morgan fingerprint density at radius 3 is 2.42 bits per heavy atom. The molecular formula is C17H26IN. The van der Waals surface area contributed by atoms with Crippen LogP contribution in [0.4, 0.5) is 0 Å². The van der Waals surface area contributed by atoms with E-state index in [9.17, 15) is 0 Å². The van der Waals surface area contributed by atoms with Crippen LogP contribution in [-0.4, -0.2) is 12.6 Å². The summed E-state index contributed by atoms with van der Waals surface area (Å²) in [6.07, 6.45) is 7.99. The highest BCUT2D eigenvalue weighted by molar-refractivity contribution is 14.1. The van der Waals surface area contributed by atoms with E-state index >= 15 is 0 Å². The Labute approximate surface area is 131 Å². The highest BCUT2D eigenvalue weighted by atomic mass is 127. The average Bonchev–Trinajstić information content (AvgIpc) is 2.85. The highest BCUT2D eigenvalue weighted by Crippen LogP contribution is 2.41. The first-order valence-electron chi connectivity index (χ1n) is 7.62. The van der Waals surface area contributed by atoms with Gasteiger partial charge in [-0.05, 0) is 77.9 Å². The van der Waals surface area contributed by atoms with Crippen LogP contribution in [0.5, 0.6) is 0 Å². The van der Waals surface area contributed by atoms with Crippen LogP contribution in [0.2, 0.25) is 0 Å². The predicted octanol–water partition coefficient (Wildman–Crippen LogP) is 4.78. The molecular weight excluding hydrogens is 345 g/mol. The van der Waals surface area contributed by atoms with Crippen molar-refractivity contribution in [3.05, 3.63) is 33.4 Å². The predicted molar refractivity (Wildman–Crippen MR) is 91.5 cm³/mol. The molecule has 1 aliphatic rings. The molecule has 0 amide bonds. The van der Waals surface area contributed by atoms with E-state index in [4.69, 9.17) is 0 Å². The summed E-state index contributed by atoms with van der Waals surface area (Å²) < 4.78 is 1.33. The molecule has 19 heavy (non-hydrogen) atoms. The summed E-state index contributed by atoms with van der Waals surface area (Å²) in [5.41, 5.74) is 1.97. The lowest BCUT2D eigenvalue weighted by Crippen LogP contribution is -2.44. The number of rotatable bonds is 6. The van der Waals surface area contributed by atoms with Gasteiger partial charge in [0.25, 0.3) is 0 Å². The molecule has 1 unspecified atom stereocenters. The van der Waals surface area contributed by atoms with Crippen molar-refractivity contribution in [1.29, 1.82) is 0 Å². The lowest BCUT2D eigenvalue weighted by molar-refractivity contribution is 0.219. The van der Waals surface area contributed by atoms with Crippen LogP contribution in [0.25, 0.3) is 0 Å². The summed E-state index contributed by atoms with van der Waals surface area (Å²) in [5.74, 6) is 0. The third-order valence-corrected chi connectivity index (χ3v) is 5.30. The van der Waals surface area contributed by atoms with Gasteiger partial charge in [0.2, 0.25) is 0 Å². The van der Waals surface area contributed by atoms with Crippen LogP contribution in [0, 0.1) is 8.99 Å². The molecule has 2 heteroatoms. The fourth-order valence-electron chi connectivity index (χ4n) is 3.27. The molecule has 1 saturated carbocycles. The van der Waals surface area contributed by atoms with Crippen molar-refractivity contribution in [2.24, 2.45) is 5.41 Å². The first-order valence-corrected chi connectivity index (χ1v) is 8.70. The second-order valence-electron chi connectivity index (χ2n) is 6.20. The molecule has 106 valence electrons. The molecule has 0 heterocycles. The third kappa shape index (κ3) is 4.19. The molecule has 1 aromatic rings. The smallest absolute Gasteiger partial charge is 0.0161 e. The van der Waals surface area contributed by atoms with Crippen molar-refractivity contribution in [3.8, 4) is 0 Å². The van der Waals surface area contributed by atoms with Crippen LogP contribution < -0.4 is 5.32 Å². The van der Waals surface area contributed by atoms with Crippen LogP contribution in [-0.2, 0) is 6.42 Å². The molecule has 2 rings (SSSR count).